The number of methoxy groups -OCH3 is 1. The molecule has 0 fully saturated rings. The highest BCUT2D eigenvalue weighted by atomic mass is 35.5. The lowest BCUT2D eigenvalue weighted by molar-refractivity contribution is -0.134. The molecule has 19 heavy (non-hydrogen) atoms. The molecule has 1 rings (SSSR count). The van der Waals surface area contributed by atoms with E-state index >= 15 is 0 Å². The zero-order chi connectivity index (χ0) is 14.6. The average molecular weight is 287 g/mol. The van der Waals surface area contributed by atoms with Crippen molar-refractivity contribution in [2.75, 3.05) is 12.8 Å². The topological polar surface area (TPSA) is 105 Å². The molecule has 0 heterocycles. The Bertz CT molecular complexity index is 517. The molecule has 0 unspecified atom stereocenters. The second-order valence-electron chi connectivity index (χ2n) is 3.77. The molecule has 104 valence electrons. The summed E-state index contributed by atoms with van der Waals surface area (Å²) in [5, 5.41) is 0.0638. The first-order valence-electron chi connectivity index (χ1n) is 5.58. The van der Waals surface area contributed by atoms with Crippen LogP contribution in [0.1, 0.15) is 30.1 Å². The maximum absolute atomic E-state index is 11.5. The van der Waals surface area contributed by atoms with Gasteiger partial charge in [-0.25, -0.2) is 0 Å². The number of anilines is 1. The molecule has 0 aliphatic rings. The van der Waals surface area contributed by atoms with Crippen molar-refractivity contribution < 1.29 is 19.1 Å². The Morgan fingerprint density at radius 3 is 2.47 bits per heavy atom. The third-order valence-corrected chi connectivity index (χ3v) is 2.68. The van der Waals surface area contributed by atoms with Crippen molar-refractivity contribution in [3.8, 4) is 11.5 Å². The van der Waals surface area contributed by atoms with E-state index in [1.165, 1.54) is 13.2 Å². The Balaban J connectivity index is 3.34. The highest BCUT2D eigenvalue weighted by Crippen LogP contribution is 2.41. The fourth-order valence-corrected chi connectivity index (χ4v) is 1.67. The number of halogens is 1. The largest absolute Gasteiger partial charge is 0.492 e. The van der Waals surface area contributed by atoms with Crippen LogP contribution in [0.25, 0.3) is 0 Å². The van der Waals surface area contributed by atoms with Gasteiger partial charge in [0.2, 0.25) is 0 Å². The molecule has 6 nitrogen and oxygen atoms in total. The van der Waals surface area contributed by atoms with Crippen LogP contribution in [0.4, 0.5) is 5.69 Å². The second-order valence-corrected chi connectivity index (χ2v) is 4.18. The van der Waals surface area contributed by atoms with Crippen molar-refractivity contribution in [2.45, 2.75) is 19.8 Å². The number of carbonyl (C=O) groups excluding carboxylic acids is 2. The fourth-order valence-electron chi connectivity index (χ4n) is 1.48. The molecule has 0 saturated heterocycles. The van der Waals surface area contributed by atoms with Crippen LogP contribution in [-0.4, -0.2) is 19.0 Å². The summed E-state index contributed by atoms with van der Waals surface area (Å²) in [6.45, 7) is 1.83. The molecular formula is C12H15ClN2O4. The van der Waals surface area contributed by atoms with Crippen molar-refractivity contribution in [3.63, 3.8) is 0 Å². The van der Waals surface area contributed by atoms with Crippen LogP contribution < -0.4 is 20.9 Å². The van der Waals surface area contributed by atoms with Gasteiger partial charge in [-0.05, 0) is 12.5 Å². The number of esters is 1. The van der Waals surface area contributed by atoms with Gasteiger partial charge in [0.1, 0.15) is 0 Å². The first-order chi connectivity index (χ1) is 8.92. The molecule has 0 aliphatic heterocycles. The fraction of sp³-hybridized carbons (Fsp3) is 0.333. The minimum absolute atomic E-state index is 0.000925. The van der Waals surface area contributed by atoms with Gasteiger partial charge in [0.25, 0.3) is 5.91 Å². The highest BCUT2D eigenvalue weighted by molar-refractivity contribution is 6.34. The molecule has 0 aromatic heterocycles. The Morgan fingerprint density at radius 1 is 1.37 bits per heavy atom. The van der Waals surface area contributed by atoms with Crippen LogP contribution in [0, 0.1) is 0 Å². The molecule has 4 N–H and O–H groups in total. The maximum Gasteiger partial charge on any atom is 0.311 e. The Kier molecular flexibility index (Phi) is 5.00. The molecule has 1 amide bonds. The predicted octanol–water partition coefficient (Wildman–Crippen LogP) is 1.74. The third-order valence-electron chi connectivity index (χ3n) is 2.36. The number of carbonyl (C=O) groups is 2. The number of amides is 1. The van der Waals surface area contributed by atoms with E-state index in [1.807, 2.05) is 6.92 Å². The van der Waals surface area contributed by atoms with Gasteiger partial charge in [-0.15, -0.1) is 0 Å². The van der Waals surface area contributed by atoms with Crippen molar-refractivity contribution in [1.82, 2.24) is 0 Å². The van der Waals surface area contributed by atoms with Gasteiger partial charge in [0.05, 0.1) is 23.4 Å². The van der Waals surface area contributed by atoms with Crippen molar-refractivity contribution >= 4 is 29.2 Å². The Hall–Kier alpha value is -1.95. The second kappa shape index (κ2) is 6.29. The normalized spacial score (nSPS) is 10.1. The summed E-state index contributed by atoms with van der Waals surface area (Å²) in [5.74, 6) is -1.34. The van der Waals surface area contributed by atoms with Gasteiger partial charge in [-0.1, -0.05) is 18.5 Å². The molecule has 0 radical (unpaired) electrons. The first-order valence-corrected chi connectivity index (χ1v) is 5.96. The molecule has 0 atom stereocenters. The molecular weight excluding hydrogens is 272 g/mol. The lowest BCUT2D eigenvalue weighted by atomic mass is 10.1. The standard InChI is InChI=1S/C12H15ClN2O4/c1-3-4-8(16)19-11-9(14)7(13)5-6(12(15)17)10(11)18-2/h5H,3-4,14H2,1-2H3,(H2,15,17). The summed E-state index contributed by atoms with van der Waals surface area (Å²) < 4.78 is 10.1. The van der Waals surface area contributed by atoms with E-state index in [4.69, 9.17) is 32.5 Å². The first kappa shape index (κ1) is 15.1. The maximum atomic E-state index is 11.5. The summed E-state index contributed by atoms with van der Waals surface area (Å²) in [4.78, 5) is 22.8. The van der Waals surface area contributed by atoms with E-state index < -0.39 is 11.9 Å². The Labute approximate surface area is 115 Å². The number of primary amides is 1. The number of benzene rings is 1. The zero-order valence-corrected chi connectivity index (χ0v) is 11.4. The number of hydrogen-bond donors (Lipinski definition) is 2. The van der Waals surface area contributed by atoms with Crippen LogP contribution in [0.15, 0.2) is 6.07 Å². The average Bonchev–Trinajstić information content (AvgIpc) is 2.34. The zero-order valence-electron chi connectivity index (χ0n) is 10.7. The number of nitrogens with two attached hydrogens (primary N) is 2. The molecule has 0 bridgehead atoms. The summed E-state index contributed by atoms with van der Waals surface area (Å²) in [7, 11) is 1.31. The van der Waals surface area contributed by atoms with E-state index in [0.29, 0.717) is 6.42 Å². The number of rotatable bonds is 5. The summed E-state index contributed by atoms with van der Waals surface area (Å²) in [6.07, 6.45) is 0.825. The van der Waals surface area contributed by atoms with Crippen molar-refractivity contribution in [2.24, 2.45) is 5.73 Å². The molecule has 0 saturated carbocycles. The van der Waals surface area contributed by atoms with E-state index in [9.17, 15) is 9.59 Å². The van der Waals surface area contributed by atoms with Crippen LogP contribution in [0.3, 0.4) is 0 Å². The van der Waals surface area contributed by atoms with E-state index in [1.54, 1.807) is 0 Å². The number of nitrogen functional groups attached to an aromatic ring is 1. The van der Waals surface area contributed by atoms with Crippen molar-refractivity contribution in [3.05, 3.63) is 16.7 Å². The van der Waals surface area contributed by atoms with Gasteiger partial charge >= 0.3 is 5.97 Å². The molecule has 0 aliphatic carbocycles. The number of hydrogen-bond acceptors (Lipinski definition) is 5. The van der Waals surface area contributed by atoms with Crippen LogP contribution in [0.5, 0.6) is 11.5 Å². The summed E-state index contributed by atoms with van der Waals surface area (Å²) in [5.41, 5.74) is 11.0. The lowest BCUT2D eigenvalue weighted by Crippen LogP contribution is -2.16. The van der Waals surface area contributed by atoms with Gasteiger partial charge in [-0.2, -0.15) is 0 Å². The lowest BCUT2D eigenvalue weighted by Gasteiger charge is -2.15. The van der Waals surface area contributed by atoms with Gasteiger partial charge in [0, 0.05) is 6.42 Å². The van der Waals surface area contributed by atoms with Crippen LogP contribution in [0.2, 0.25) is 5.02 Å². The predicted molar refractivity (Wildman–Crippen MR) is 71.5 cm³/mol. The molecule has 7 heteroatoms. The van der Waals surface area contributed by atoms with E-state index in [-0.39, 0.29) is 34.2 Å². The highest BCUT2D eigenvalue weighted by Gasteiger charge is 2.22. The third kappa shape index (κ3) is 3.29. The smallest absolute Gasteiger partial charge is 0.311 e. The molecule has 1 aromatic carbocycles. The molecule has 0 spiro atoms. The number of ether oxygens (including phenoxy) is 2. The van der Waals surface area contributed by atoms with Gasteiger partial charge in [-0.3, -0.25) is 9.59 Å². The van der Waals surface area contributed by atoms with Gasteiger partial charge < -0.3 is 20.9 Å². The monoisotopic (exact) mass is 286 g/mol. The SMILES string of the molecule is CCCC(=O)Oc1c(N)c(Cl)cc(C(N)=O)c1OC. The van der Waals surface area contributed by atoms with Crippen LogP contribution in [-0.2, 0) is 4.79 Å². The minimum atomic E-state index is -0.758. The molecule has 1 aromatic rings. The van der Waals surface area contributed by atoms with E-state index in [0.717, 1.165) is 0 Å². The quantitative estimate of drug-likeness (QED) is 0.487. The van der Waals surface area contributed by atoms with Crippen molar-refractivity contribution in [1.29, 1.82) is 0 Å². The Morgan fingerprint density at radius 2 is 2.00 bits per heavy atom. The van der Waals surface area contributed by atoms with Gasteiger partial charge in [0.15, 0.2) is 11.5 Å². The minimum Gasteiger partial charge on any atom is -0.492 e. The van der Waals surface area contributed by atoms with E-state index in [2.05, 4.69) is 0 Å². The summed E-state index contributed by atoms with van der Waals surface area (Å²) in [6, 6.07) is 1.27. The summed E-state index contributed by atoms with van der Waals surface area (Å²) >= 11 is 5.87. The van der Waals surface area contributed by atoms with Crippen LogP contribution >= 0.6 is 11.6 Å².